The molecule has 0 aliphatic heterocycles. The summed E-state index contributed by atoms with van der Waals surface area (Å²) in [4.78, 5) is 13.5. The Morgan fingerprint density at radius 2 is 1.62 bits per heavy atom. The van der Waals surface area contributed by atoms with Gasteiger partial charge in [-0.05, 0) is 35.4 Å². The summed E-state index contributed by atoms with van der Waals surface area (Å²) >= 11 is 0. The Labute approximate surface area is 168 Å². The molecule has 1 aromatic heterocycles. The number of rotatable bonds is 4. The molecule has 0 bridgehead atoms. The normalized spacial score (nSPS) is 11.4. The Bertz CT molecular complexity index is 1270. The van der Waals surface area contributed by atoms with E-state index in [1.54, 1.807) is 18.2 Å². The fraction of sp³-hybridized carbons (Fsp3) is 0.0400. The van der Waals surface area contributed by atoms with Crippen molar-refractivity contribution in [1.29, 1.82) is 5.26 Å². The third-order valence-corrected chi connectivity index (χ3v) is 4.95. The lowest BCUT2D eigenvalue weighted by Crippen LogP contribution is -2.04. The van der Waals surface area contributed by atoms with E-state index in [1.165, 1.54) is 12.1 Å². The number of aromatic hydroxyl groups is 1. The van der Waals surface area contributed by atoms with Crippen LogP contribution < -0.4 is 0 Å². The van der Waals surface area contributed by atoms with Crippen molar-refractivity contribution < 1.29 is 9.90 Å². The van der Waals surface area contributed by atoms with Crippen molar-refractivity contribution in [3.8, 4) is 23.1 Å². The number of para-hydroxylation sites is 1. The minimum atomic E-state index is -0.323. The average Bonchev–Trinajstić information content (AvgIpc) is 3.06. The van der Waals surface area contributed by atoms with Crippen molar-refractivity contribution in [2.24, 2.45) is 7.05 Å². The lowest BCUT2D eigenvalue weighted by molar-refractivity contribution is 0.104. The summed E-state index contributed by atoms with van der Waals surface area (Å²) in [6, 6.07) is 25.9. The zero-order valence-corrected chi connectivity index (χ0v) is 15.8. The van der Waals surface area contributed by atoms with Crippen molar-refractivity contribution in [2.75, 3.05) is 0 Å². The van der Waals surface area contributed by atoms with Gasteiger partial charge in [0.15, 0.2) is 0 Å². The second kappa shape index (κ2) is 7.49. The molecule has 0 saturated heterocycles. The van der Waals surface area contributed by atoms with Gasteiger partial charge in [-0.1, -0.05) is 60.7 Å². The number of aromatic nitrogens is 1. The van der Waals surface area contributed by atoms with Crippen molar-refractivity contribution in [1.82, 2.24) is 4.57 Å². The summed E-state index contributed by atoms with van der Waals surface area (Å²) in [6.07, 6.45) is 1.55. The highest BCUT2D eigenvalue weighted by atomic mass is 16.3. The van der Waals surface area contributed by atoms with Gasteiger partial charge in [0.2, 0.25) is 5.78 Å². The van der Waals surface area contributed by atoms with E-state index in [1.807, 2.05) is 66.2 Å². The molecule has 0 unspecified atom stereocenters. The highest BCUT2D eigenvalue weighted by Gasteiger charge is 2.24. The Kier molecular flexibility index (Phi) is 4.72. The highest BCUT2D eigenvalue weighted by molar-refractivity contribution is 6.23. The largest absolute Gasteiger partial charge is 0.508 e. The first kappa shape index (κ1) is 18.3. The van der Waals surface area contributed by atoms with Crippen LogP contribution in [0.25, 0.3) is 28.2 Å². The third-order valence-electron chi connectivity index (χ3n) is 4.95. The van der Waals surface area contributed by atoms with Gasteiger partial charge in [-0.3, -0.25) is 4.79 Å². The topological polar surface area (TPSA) is 66.0 Å². The Balaban J connectivity index is 1.94. The number of nitrogens with zero attached hydrogens (tertiary/aromatic N) is 2. The first-order chi connectivity index (χ1) is 14.1. The molecule has 0 radical (unpaired) electrons. The molecule has 3 aromatic carbocycles. The lowest BCUT2D eigenvalue weighted by atomic mass is 9.96. The number of fused-ring (bicyclic) bond motifs is 1. The predicted octanol–water partition coefficient (Wildman–Crippen LogP) is 5.34. The maximum atomic E-state index is 13.5. The van der Waals surface area contributed by atoms with E-state index in [0.29, 0.717) is 11.1 Å². The molecule has 0 amide bonds. The highest BCUT2D eigenvalue weighted by Crippen LogP contribution is 2.34. The maximum Gasteiger partial charge on any atom is 0.206 e. The summed E-state index contributed by atoms with van der Waals surface area (Å²) in [5.74, 6) is -0.191. The van der Waals surface area contributed by atoms with Gasteiger partial charge in [-0.25, -0.2) is 0 Å². The first-order valence-electron chi connectivity index (χ1n) is 9.18. The molecule has 1 N–H and O–H groups in total. The number of ketones is 1. The standard InChI is InChI=1S/C25H18N2O2/c1-27-22-10-6-5-9-21(22)23(24(27)18-7-3-2-4-8-18)25(29)19(16-26)15-17-11-13-20(28)14-12-17/h2-15,28H,1H3/b19-15+. The fourth-order valence-electron chi connectivity index (χ4n) is 3.58. The maximum absolute atomic E-state index is 13.5. The molecule has 4 rings (SSSR count). The van der Waals surface area contributed by atoms with Gasteiger partial charge in [-0.2, -0.15) is 5.26 Å². The molecule has 140 valence electrons. The Morgan fingerprint density at radius 1 is 0.966 bits per heavy atom. The van der Waals surface area contributed by atoms with E-state index >= 15 is 0 Å². The molecule has 0 aliphatic rings. The molecule has 0 aliphatic carbocycles. The number of phenols is 1. The van der Waals surface area contributed by atoms with Crippen LogP contribution in [0.15, 0.2) is 84.4 Å². The first-order valence-corrected chi connectivity index (χ1v) is 9.18. The molecule has 0 fully saturated rings. The van der Waals surface area contributed by atoms with E-state index in [-0.39, 0.29) is 17.1 Å². The zero-order chi connectivity index (χ0) is 20.4. The number of nitriles is 1. The van der Waals surface area contributed by atoms with Crippen molar-refractivity contribution >= 4 is 22.8 Å². The number of carbonyl (C=O) groups excluding carboxylic acids is 1. The molecule has 4 aromatic rings. The summed E-state index contributed by atoms with van der Waals surface area (Å²) in [5.41, 5.74) is 3.86. The Morgan fingerprint density at radius 3 is 2.31 bits per heavy atom. The number of aryl methyl sites for hydroxylation is 1. The predicted molar refractivity (Wildman–Crippen MR) is 114 cm³/mol. The second-order valence-electron chi connectivity index (χ2n) is 6.76. The van der Waals surface area contributed by atoms with Crippen LogP contribution in [-0.4, -0.2) is 15.5 Å². The van der Waals surface area contributed by atoms with E-state index < -0.39 is 0 Å². The van der Waals surface area contributed by atoms with Crippen LogP contribution in [0.1, 0.15) is 15.9 Å². The van der Waals surface area contributed by atoms with Crippen molar-refractivity contribution in [2.45, 2.75) is 0 Å². The van der Waals surface area contributed by atoms with E-state index in [9.17, 15) is 15.2 Å². The van der Waals surface area contributed by atoms with E-state index in [0.717, 1.165) is 22.2 Å². The average molecular weight is 378 g/mol. The van der Waals surface area contributed by atoms with Gasteiger partial charge in [0, 0.05) is 18.0 Å². The number of allylic oxidation sites excluding steroid dienone is 1. The number of hydrogen-bond donors (Lipinski definition) is 1. The van der Waals surface area contributed by atoms with Gasteiger partial charge in [0.25, 0.3) is 0 Å². The van der Waals surface area contributed by atoms with Gasteiger partial charge >= 0.3 is 0 Å². The van der Waals surface area contributed by atoms with Crippen LogP contribution in [0.2, 0.25) is 0 Å². The lowest BCUT2D eigenvalue weighted by Gasteiger charge is -2.08. The molecule has 4 nitrogen and oxygen atoms in total. The number of phenolic OH excluding ortho intramolecular Hbond substituents is 1. The molecular weight excluding hydrogens is 360 g/mol. The summed E-state index contributed by atoms with van der Waals surface area (Å²) in [6.45, 7) is 0. The molecule has 0 atom stereocenters. The van der Waals surface area contributed by atoms with Crippen LogP contribution in [0.4, 0.5) is 0 Å². The molecule has 0 saturated carbocycles. The number of Topliss-reactive ketones (excluding diaryl/α,β-unsaturated/α-hetero) is 1. The van der Waals surface area contributed by atoms with Gasteiger partial charge in [-0.15, -0.1) is 0 Å². The number of hydrogen-bond acceptors (Lipinski definition) is 3. The van der Waals surface area contributed by atoms with E-state index in [4.69, 9.17) is 0 Å². The van der Waals surface area contributed by atoms with Crippen LogP contribution in [0.3, 0.4) is 0 Å². The summed E-state index contributed by atoms with van der Waals surface area (Å²) in [5, 5.41) is 20.0. The molecule has 1 heterocycles. The van der Waals surface area contributed by atoms with Crippen LogP contribution in [0.5, 0.6) is 5.75 Å². The third kappa shape index (κ3) is 3.30. The smallest absolute Gasteiger partial charge is 0.206 e. The second-order valence-corrected chi connectivity index (χ2v) is 6.76. The SMILES string of the molecule is Cn1c(-c2ccccc2)c(C(=O)/C(C#N)=C/c2ccc(O)cc2)c2ccccc21. The van der Waals surface area contributed by atoms with Gasteiger partial charge in [0.05, 0.1) is 11.3 Å². The number of carbonyl (C=O) groups is 1. The van der Waals surface area contributed by atoms with Crippen LogP contribution >= 0.6 is 0 Å². The number of benzene rings is 3. The minimum Gasteiger partial charge on any atom is -0.508 e. The Hall–Kier alpha value is -4.10. The molecule has 29 heavy (non-hydrogen) atoms. The summed E-state index contributed by atoms with van der Waals surface area (Å²) in [7, 11) is 1.93. The molecular formula is C25H18N2O2. The molecule has 4 heteroatoms. The van der Waals surface area contributed by atoms with Crippen molar-refractivity contribution in [3.63, 3.8) is 0 Å². The minimum absolute atomic E-state index is 0.0456. The van der Waals surface area contributed by atoms with E-state index in [2.05, 4.69) is 6.07 Å². The van der Waals surface area contributed by atoms with Crippen LogP contribution in [0, 0.1) is 11.3 Å². The summed E-state index contributed by atoms with van der Waals surface area (Å²) < 4.78 is 1.99. The fourth-order valence-corrected chi connectivity index (χ4v) is 3.58. The van der Waals surface area contributed by atoms with Gasteiger partial charge < -0.3 is 9.67 Å². The van der Waals surface area contributed by atoms with Crippen molar-refractivity contribution in [3.05, 3.63) is 95.6 Å². The quantitative estimate of drug-likeness (QED) is 0.296. The monoisotopic (exact) mass is 378 g/mol. The zero-order valence-electron chi connectivity index (χ0n) is 15.8. The van der Waals surface area contributed by atoms with Crippen LogP contribution in [-0.2, 0) is 7.05 Å². The van der Waals surface area contributed by atoms with Gasteiger partial charge in [0.1, 0.15) is 17.4 Å². The molecule has 0 spiro atoms.